The van der Waals surface area contributed by atoms with E-state index < -0.39 is 5.97 Å². The molecule has 206 valence electrons. The lowest BCUT2D eigenvalue weighted by atomic mass is 9.91. The van der Waals surface area contributed by atoms with E-state index in [1.807, 2.05) is 64.1 Å². The highest BCUT2D eigenvalue weighted by atomic mass is 16.5. The monoisotopic (exact) mass is 532 g/mol. The van der Waals surface area contributed by atoms with E-state index in [4.69, 9.17) is 23.4 Å². The molecule has 7 nitrogen and oxygen atoms in total. The summed E-state index contributed by atoms with van der Waals surface area (Å²) in [4.78, 5) is 25.4. The quantitative estimate of drug-likeness (QED) is 0.107. The Balaban J connectivity index is 1.67. The zero-order chi connectivity index (χ0) is 27.8. The Hall–Kier alpha value is -3.68. The maximum atomic E-state index is 13.2. The molecule has 0 amide bonds. The van der Waals surface area contributed by atoms with Crippen LogP contribution in [0.2, 0.25) is 0 Å². The summed E-state index contributed by atoms with van der Waals surface area (Å²) in [5, 5.41) is 0.794. The van der Waals surface area contributed by atoms with E-state index in [-0.39, 0.29) is 24.2 Å². The molecule has 39 heavy (non-hydrogen) atoms. The molecule has 1 aliphatic heterocycles. The summed E-state index contributed by atoms with van der Waals surface area (Å²) in [7, 11) is 0. The second-order valence-electron chi connectivity index (χ2n) is 9.87. The molecule has 1 aliphatic carbocycles. The second kappa shape index (κ2) is 13.4. The molecule has 0 unspecified atom stereocenters. The molecule has 0 fully saturated rings. The average Bonchev–Trinajstić information content (AvgIpc) is 2.90. The molecule has 0 spiro atoms. The van der Waals surface area contributed by atoms with Crippen molar-refractivity contribution >= 4 is 16.9 Å². The Morgan fingerprint density at radius 2 is 1.51 bits per heavy atom. The second-order valence-corrected chi connectivity index (χ2v) is 9.87. The van der Waals surface area contributed by atoms with Crippen LogP contribution in [0.5, 0.6) is 5.75 Å². The molecule has 0 N–H and O–H groups in total. The number of fused-ring (bicyclic) bond motifs is 2. The maximum Gasteiger partial charge on any atom is 0.338 e. The van der Waals surface area contributed by atoms with Crippen molar-refractivity contribution < 1.29 is 28.2 Å². The fourth-order valence-electron chi connectivity index (χ4n) is 4.30. The highest BCUT2D eigenvalue weighted by Crippen LogP contribution is 2.42. The van der Waals surface area contributed by atoms with Crippen LogP contribution in [0.3, 0.4) is 0 Å². The zero-order valence-corrected chi connectivity index (χ0v) is 23.0. The summed E-state index contributed by atoms with van der Waals surface area (Å²) < 4.78 is 28.8. The molecule has 0 saturated carbocycles. The first-order valence-electron chi connectivity index (χ1n) is 13.5. The Labute approximate surface area is 229 Å². The molecule has 1 heterocycles. The van der Waals surface area contributed by atoms with Crippen LogP contribution >= 0.6 is 0 Å². The number of ether oxygens (including phenoxy) is 4. The maximum absolute atomic E-state index is 13.2. The van der Waals surface area contributed by atoms with Gasteiger partial charge in [-0.05, 0) is 63.6 Å². The number of benzene rings is 3. The first-order valence-corrected chi connectivity index (χ1v) is 13.5. The molecule has 7 heteroatoms. The molecular formula is C32H36O7. The predicted molar refractivity (Wildman–Crippen MR) is 152 cm³/mol. The van der Waals surface area contributed by atoms with Gasteiger partial charge in [0.15, 0.2) is 5.43 Å². The third kappa shape index (κ3) is 7.46. The summed E-state index contributed by atoms with van der Waals surface area (Å²) in [6.07, 6.45) is 1.68. The third-order valence-electron chi connectivity index (χ3n) is 6.06. The van der Waals surface area contributed by atoms with E-state index >= 15 is 0 Å². The Morgan fingerprint density at radius 3 is 2.26 bits per heavy atom. The third-order valence-corrected chi connectivity index (χ3v) is 6.06. The van der Waals surface area contributed by atoms with Gasteiger partial charge in [0.1, 0.15) is 17.1 Å². The largest absolute Gasteiger partial charge is 0.493 e. The summed E-state index contributed by atoms with van der Waals surface area (Å²) in [5.74, 6) is 0.665. The van der Waals surface area contributed by atoms with Gasteiger partial charge in [-0.3, -0.25) is 4.79 Å². The molecule has 2 aromatic carbocycles. The number of hydrogen-bond acceptors (Lipinski definition) is 7. The van der Waals surface area contributed by atoms with E-state index in [1.165, 1.54) is 12.1 Å². The van der Waals surface area contributed by atoms with Gasteiger partial charge in [-0.2, -0.15) is 0 Å². The number of rotatable bonds is 13. The highest BCUT2D eigenvalue weighted by Gasteiger charge is 2.22. The van der Waals surface area contributed by atoms with Crippen LogP contribution in [0.4, 0.5) is 0 Å². The van der Waals surface area contributed by atoms with Gasteiger partial charge in [-0.1, -0.05) is 18.2 Å². The van der Waals surface area contributed by atoms with E-state index in [0.29, 0.717) is 54.5 Å². The van der Waals surface area contributed by atoms with Gasteiger partial charge in [0.05, 0.1) is 44.2 Å². The molecule has 0 saturated heterocycles. The summed E-state index contributed by atoms with van der Waals surface area (Å²) in [6, 6.07) is 17.6. The fraction of sp³-hybridized carbons (Fsp3) is 0.375. The van der Waals surface area contributed by atoms with Crippen LogP contribution in [0, 0.1) is 0 Å². The van der Waals surface area contributed by atoms with Crippen LogP contribution < -0.4 is 10.2 Å². The number of esters is 1. The summed E-state index contributed by atoms with van der Waals surface area (Å²) in [6.45, 7) is 9.84. The van der Waals surface area contributed by atoms with E-state index in [0.717, 1.165) is 22.9 Å². The Kier molecular flexibility index (Phi) is 9.74. The molecule has 0 bridgehead atoms. The van der Waals surface area contributed by atoms with Crippen molar-refractivity contribution in [1.29, 1.82) is 0 Å². The SMILES string of the molecule is CC(C)OCCCOC(=O)c1ccccc1-c1c2ccc(=O)cc-2oc2cc(OCCCOC(C)C)ccc12. The van der Waals surface area contributed by atoms with Gasteiger partial charge >= 0.3 is 5.97 Å². The normalized spacial score (nSPS) is 11.5. The first-order chi connectivity index (χ1) is 18.8. The highest BCUT2D eigenvalue weighted by molar-refractivity contribution is 6.07. The van der Waals surface area contributed by atoms with Gasteiger partial charge in [0.2, 0.25) is 0 Å². The summed E-state index contributed by atoms with van der Waals surface area (Å²) >= 11 is 0. The first kappa shape index (κ1) is 28.3. The number of carbonyl (C=O) groups is 1. The number of hydrogen-bond donors (Lipinski definition) is 0. The fourth-order valence-corrected chi connectivity index (χ4v) is 4.30. The topological polar surface area (TPSA) is 84.2 Å². The van der Waals surface area contributed by atoms with Crippen molar-refractivity contribution in [2.24, 2.45) is 0 Å². The zero-order valence-electron chi connectivity index (χ0n) is 23.0. The van der Waals surface area contributed by atoms with E-state index in [2.05, 4.69) is 0 Å². The average molecular weight is 533 g/mol. The van der Waals surface area contributed by atoms with Crippen LogP contribution in [-0.2, 0) is 14.2 Å². The predicted octanol–water partition coefficient (Wildman–Crippen LogP) is 6.73. The van der Waals surface area contributed by atoms with Crippen molar-refractivity contribution in [2.45, 2.75) is 52.7 Å². The minimum absolute atomic E-state index is 0.130. The molecule has 2 aliphatic rings. The van der Waals surface area contributed by atoms with Crippen molar-refractivity contribution in [3.05, 3.63) is 76.5 Å². The van der Waals surface area contributed by atoms with Crippen molar-refractivity contribution in [3.8, 4) is 28.2 Å². The van der Waals surface area contributed by atoms with Crippen LogP contribution in [-0.4, -0.2) is 44.6 Å². The van der Waals surface area contributed by atoms with Gasteiger partial charge in [0, 0.05) is 41.5 Å². The lowest BCUT2D eigenvalue weighted by Crippen LogP contribution is -2.11. The molecule has 0 atom stereocenters. The molecule has 0 radical (unpaired) electrons. The van der Waals surface area contributed by atoms with Crippen LogP contribution in [0.15, 0.2) is 69.9 Å². The molecule has 0 aromatic heterocycles. The minimum atomic E-state index is -0.416. The standard InChI is InChI=1S/C32H36O7/c1-21(2)35-15-7-17-37-24-12-14-28-30(20-24)39-29-19-23(33)11-13-27(29)31(28)25-9-5-6-10-26(25)32(34)38-18-8-16-36-22(3)4/h5-6,9-14,19-22H,7-8,15-18H2,1-4H3. The van der Waals surface area contributed by atoms with Gasteiger partial charge in [0.25, 0.3) is 0 Å². The van der Waals surface area contributed by atoms with Gasteiger partial charge in [-0.15, -0.1) is 0 Å². The lowest BCUT2D eigenvalue weighted by molar-refractivity contribution is 0.0378. The van der Waals surface area contributed by atoms with Crippen LogP contribution in [0.1, 0.15) is 50.9 Å². The van der Waals surface area contributed by atoms with Crippen molar-refractivity contribution in [2.75, 3.05) is 26.4 Å². The van der Waals surface area contributed by atoms with E-state index in [9.17, 15) is 9.59 Å². The Morgan fingerprint density at radius 1 is 0.795 bits per heavy atom. The van der Waals surface area contributed by atoms with E-state index in [1.54, 1.807) is 12.1 Å². The Bertz CT molecular complexity index is 1420. The van der Waals surface area contributed by atoms with Gasteiger partial charge < -0.3 is 23.4 Å². The van der Waals surface area contributed by atoms with Crippen molar-refractivity contribution in [1.82, 2.24) is 0 Å². The molecular weight excluding hydrogens is 496 g/mol. The number of carbonyl (C=O) groups excluding carboxylic acids is 1. The van der Waals surface area contributed by atoms with Crippen molar-refractivity contribution in [3.63, 3.8) is 0 Å². The molecule has 2 aromatic rings. The lowest BCUT2D eigenvalue weighted by Gasteiger charge is -2.18. The van der Waals surface area contributed by atoms with Gasteiger partial charge in [-0.25, -0.2) is 4.79 Å². The van der Waals surface area contributed by atoms with Crippen LogP contribution in [0.25, 0.3) is 33.4 Å². The minimum Gasteiger partial charge on any atom is -0.493 e. The summed E-state index contributed by atoms with van der Waals surface area (Å²) in [5.41, 5.74) is 3.04. The smallest absolute Gasteiger partial charge is 0.338 e. The molecule has 4 rings (SSSR count).